The summed E-state index contributed by atoms with van der Waals surface area (Å²) < 4.78 is 21.6. The largest absolute Gasteiger partial charge is 0.379 e. The first-order valence-electron chi connectivity index (χ1n) is 7.02. The van der Waals surface area contributed by atoms with Crippen molar-refractivity contribution in [3.05, 3.63) is 0 Å². The van der Waals surface area contributed by atoms with E-state index in [9.17, 15) is 0 Å². The molecule has 1 saturated heterocycles. The molecule has 0 unspecified atom stereocenters. The molecule has 1 aliphatic rings. The maximum absolute atomic E-state index is 5.47. The molecule has 5 nitrogen and oxygen atoms in total. The van der Waals surface area contributed by atoms with Gasteiger partial charge in [0.25, 0.3) is 0 Å². The SMILES string of the molecule is C1CCNCCOCCOCCOCCOCC1. The van der Waals surface area contributed by atoms with Gasteiger partial charge in [-0.3, -0.25) is 0 Å². The summed E-state index contributed by atoms with van der Waals surface area (Å²) in [4.78, 5) is 0. The van der Waals surface area contributed by atoms with Gasteiger partial charge in [-0.25, -0.2) is 0 Å². The van der Waals surface area contributed by atoms with Crippen molar-refractivity contribution in [3.8, 4) is 0 Å². The van der Waals surface area contributed by atoms with E-state index in [0.717, 1.165) is 32.7 Å². The molecule has 1 rings (SSSR count). The van der Waals surface area contributed by atoms with Crippen molar-refractivity contribution in [1.29, 1.82) is 0 Å². The van der Waals surface area contributed by atoms with Crippen LogP contribution in [0.5, 0.6) is 0 Å². The minimum Gasteiger partial charge on any atom is -0.379 e. The fraction of sp³-hybridized carbons (Fsp3) is 1.00. The van der Waals surface area contributed by atoms with Crippen molar-refractivity contribution >= 4 is 0 Å². The van der Waals surface area contributed by atoms with Gasteiger partial charge in [0, 0.05) is 13.2 Å². The monoisotopic (exact) mass is 261 g/mol. The van der Waals surface area contributed by atoms with Crippen LogP contribution in [-0.4, -0.2) is 65.9 Å². The summed E-state index contributed by atoms with van der Waals surface area (Å²) in [5.74, 6) is 0. The number of hydrogen-bond donors (Lipinski definition) is 1. The third kappa shape index (κ3) is 10.9. The summed E-state index contributed by atoms with van der Waals surface area (Å²) in [5, 5.41) is 3.36. The molecule has 0 atom stereocenters. The first kappa shape index (κ1) is 15.9. The Morgan fingerprint density at radius 3 is 1.67 bits per heavy atom. The first-order valence-corrected chi connectivity index (χ1v) is 7.02. The third-order valence-electron chi connectivity index (χ3n) is 2.68. The van der Waals surface area contributed by atoms with Crippen molar-refractivity contribution < 1.29 is 18.9 Å². The zero-order valence-corrected chi connectivity index (χ0v) is 11.3. The molecule has 108 valence electrons. The first-order chi connectivity index (χ1) is 9.00. The van der Waals surface area contributed by atoms with Crippen LogP contribution >= 0.6 is 0 Å². The van der Waals surface area contributed by atoms with Gasteiger partial charge in [0.05, 0.1) is 46.2 Å². The van der Waals surface area contributed by atoms with Crippen LogP contribution < -0.4 is 5.32 Å². The van der Waals surface area contributed by atoms with Crippen molar-refractivity contribution in [2.45, 2.75) is 19.3 Å². The Bertz CT molecular complexity index is 94.0. The van der Waals surface area contributed by atoms with Crippen LogP contribution in [0.15, 0.2) is 0 Å². The molecule has 0 saturated carbocycles. The molecule has 5 heteroatoms. The maximum atomic E-state index is 5.47. The van der Waals surface area contributed by atoms with Gasteiger partial charge in [-0.15, -0.1) is 0 Å². The van der Waals surface area contributed by atoms with E-state index < -0.39 is 0 Å². The standard InChI is InChI=1S/C13H27NO4/c1-2-4-14-5-7-16-9-11-18-13-12-17-10-8-15-6-3-1/h14H,1-13H2. The van der Waals surface area contributed by atoms with Gasteiger partial charge in [0.1, 0.15) is 0 Å². The molecule has 0 amide bonds. The van der Waals surface area contributed by atoms with Crippen LogP contribution in [0.4, 0.5) is 0 Å². The Morgan fingerprint density at radius 1 is 0.444 bits per heavy atom. The van der Waals surface area contributed by atoms with Gasteiger partial charge in [0.15, 0.2) is 0 Å². The lowest BCUT2D eigenvalue weighted by Gasteiger charge is -2.09. The minimum absolute atomic E-state index is 0.627. The van der Waals surface area contributed by atoms with Crippen molar-refractivity contribution in [2.75, 3.05) is 65.9 Å². The molecular weight excluding hydrogens is 234 g/mol. The molecule has 0 spiro atoms. The van der Waals surface area contributed by atoms with Crippen molar-refractivity contribution in [1.82, 2.24) is 5.32 Å². The summed E-state index contributed by atoms with van der Waals surface area (Å²) in [6.45, 7) is 7.45. The van der Waals surface area contributed by atoms with E-state index in [1.165, 1.54) is 12.8 Å². The third-order valence-corrected chi connectivity index (χ3v) is 2.68. The molecule has 0 radical (unpaired) electrons. The second-order valence-corrected chi connectivity index (χ2v) is 4.26. The Balaban J connectivity index is 2.00. The van der Waals surface area contributed by atoms with Gasteiger partial charge in [0.2, 0.25) is 0 Å². The van der Waals surface area contributed by atoms with E-state index in [1.807, 2.05) is 0 Å². The number of nitrogens with one attached hydrogen (secondary N) is 1. The summed E-state index contributed by atoms with van der Waals surface area (Å²) in [6.07, 6.45) is 3.53. The van der Waals surface area contributed by atoms with E-state index >= 15 is 0 Å². The molecule has 0 aromatic heterocycles. The Labute approximate surface area is 110 Å². The second kappa shape index (κ2) is 13.2. The molecule has 18 heavy (non-hydrogen) atoms. The van der Waals surface area contributed by atoms with E-state index in [2.05, 4.69) is 5.32 Å². The number of hydrogen-bond acceptors (Lipinski definition) is 5. The molecule has 1 aliphatic heterocycles. The number of rotatable bonds is 0. The lowest BCUT2D eigenvalue weighted by Crippen LogP contribution is -2.22. The quantitative estimate of drug-likeness (QED) is 0.700. The molecule has 0 bridgehead atoms. The summed E-state index contributed by atoms with van der Waals surface area (Å²) in [7, 11) is 0. The summed E-state index contributed by atoms with van der Waals surface area (Å²) in [5.41, 5.74) is 0. The highest BCUT2D eigenvalue weighted by atomic mass is 16.6. The average molecular weight is 261 g/mol. The van der Waals surface area contributed by atoms with Crippen molar-refractivity contribution in [3.63, 3.8) is 0 Å². The molecule has 0 aromatic rings. The average Bonchev–Trinajstić information content (AvgIpc) is 2.39. The molecule has 1 heterocycles. The highest BCUT2D eigenvalue weighted by Crippen LogP contribution is 1.95. The van der Waals surface area contributed by atoms with Gasteiger partial charge >= 0.3 is 0 Å². The van der Waals surface area contributed by atoms with E-state index in [-0.39, 0.29) is 0 Å². The summed E-state index contributed by atoms with van der Waals surface area (Å²) in [6, 6.07) is 0. The second-order valence-electron chi connectivity index (χ2n) is 4.26. The Hall–Kier alpha value is -0.200. The van der Waals surface area contributed by atoms with E-state index in [0.29, 0.717) is 39.6 Å². The van der Waals surface area contributed by atoms with Crippen LogP contribution in [0, 0.1) is 0 Å². The molecule has 1 fully saturated rings. The lowest BCUT2D eigenvalue weighted by molar-refractivity contribution is -0.00217. The van der Waals surface area contributed by atoms with Gasteiger partial charge in [-0.1, -0.05) is 0 Å². The molecule has 0 aromatic carbocycles. The summed E-state index contributed by atoms with van der Waals surface area (Å²) >= 11 is 0. The molecule has 0 aliphatic carbocycles. The van der Waals surface area contributed by atoms with Crippen LogP contribution in [0.3, 0.4) is 0 Å². The van der Waals surface area contributed by atoms with Crippen LogP contribution in [0.1, 0.15) is 19.3 Å². The Morgan fingerprint density at radius 2 is 1.00 bits per heavy atom. The zero-order valence-electron chi connectivity index (χ0n) is 11.3. The van der Waals surface area contributed by atoms with Crippen LogP contribution in [0.25, 0.3) is 0 Å². The van der Waals surface area contributed by atoms with Gasteiger partial charge in [-0.2, -0.15) is 0 Å². The maximum Gasteiger partial charge on any atom is 0.0701 e. The smallest absolute Gasteiger partial charge is 0.0701 e. The van der Waals surface area contributed by atoms with Gasteiger partial charge < -0.3 is 24.3 Å². The predicted molar refractivity (Wildman–Crippen MR) is 70.0 cm³/mol. The topological polar surface area (TPSA) is 49.0 Å². The highest BCUT2D eigenvalue weighted by Gasteiger charge is 1.95. The van der Waals surface area contributed by atoms with Crippen molar-refractivity contribution in [2.24, 2.45) is 0 Å². The fourth-order valence-electron chi connectivity index (χ4n) is 1.66. The van der Waals surface area contributed by atoms with Crippen LogP contribution in [-0.2, 0) is 18.9 Å². The normalized spacial score (nSPS) is 24.0. The van der Waals surface area contributed by atoms with E-state index in [1.54, 1.807) is 0 Å². The minimum atomic E-state index is 0.627. The number of ether oxygens (including phenoxy) is 4. The molecule has 1 N–H and O–H groups in total. The van der Waals surface area contributed by atoms with E-state index in [4.69, 9.17) is 18.9 Å². The Kier molecular flexibility index (Phi) is 11.7. The predicted octanol–water partition coefficient (Wildman–Crippen LogP) is 0.826. The highest BCUT2D eigenvalue weighted by molar-refractivity contribution is 4.49. The van der Waals surface area contributed by atoms with Gasteiger partial charge in [-0.05, 0) is 25.8 Å². The molecular formula is C13H27NO4. The lowest BCUT2D eigenvalue weighted by atomic mass is 10.2. The fourth-order valence-corrected chi connectivity index (χ4v) is 1.66. The zero-order chi connectivity index (χ0) is 12.7. The van der Waals surface area contributed by atoms with Crippen LogP contribution in [0.2, 0.25) is 0 Å².